The minimum absolute atomic E-state index is 0.00484. The summed E-state index contributed by atoms with van der Waals surface area (Å²) in [6, 6.07) is 13.4. The number of hydrogen-bond acceptors (Lipinski definition) is 4. The first-order valence-corrected chi connectivity index (χ1v) is 13.1. The van der Waals surface area contributed by atoms with Crippen molar-refractivity contribution in [2.45, 2.75) is 43.3 Å². The lowest BCUT2D eigenvalue weighted by Crippen LogP contribution is -2.66. The van der Waals surface area contributed by atoms with Crippen molar-refractivity contribution in [2.75, 3.05) is 25.0 Å². The lowest BCUT2D eigenvalue weighted by Gasteiger charge is -2.51. The van der Waals surface area contributed by atoms with Gasteiger partial charge in [0.25, 0.3) is 0 Å². The van der Waals surface area contributed by atoms with Crippen LogP contribution in [0, 0.1) is 23.1 Å². The number of nitriles is 1. The van der Waals surface area contributed by atoms with Crippen molar-refractivity contribution < 1.29 is 22.4 Å². The van der Waals surface area contributed by atoms with Crippen molar-refractivity contribution in [1.82, 2.24) is 15.2 Å². The molecule has 1 saturated carbocycles. The van der Waals surface area contributed by atoms with Crippen LogP contribution in [-0.2, 0) is 11.6 Å². The number of urea groups is 1. The third kappa shape index (κ3) is 5.74. The molecule has 1 aliphatic carbocycles. The molecule has 1 aliphatic heterocycles. The van der Waals surface area contributed by atoms with Gasteiger partial charge in [-0.25, -0.2) is 14.2 Å². The topological polar surface area (TPSA) is 81.0 Å². The lowest BCUT2D eigenvalue weighted by atomic mass is 9.73. The first kappa shape index (κ1) is 27.0. The summed E-state index contributed by atoms with van der Waals surface area (Å²) < 4.78 is 54.5. The molecule has 1 saturated heterocycles. The summed E-state index contributed by atoms with van der Waals surface area (Å²) in [6.45, 7) is 0.778. The number of aromatic nitrogens is 1. The molecule has 6 nitrogen and oxygen atoms in total. The third-order valence-corrected chi connectivity index (χ3v) is 7.88. The van der Waals surface area contributed by atoms with Gasteiger partial charge in [0.2, 0.25) is 0 Å². The Balaban J connectivity index is 1.36. The van der Waals surface area contributed by atoms with E-state index in [-0.39, 0.29) is 35.7 Å². The highest BCUT2D eigenvalue weighted by Crippen LogP contribution is 2.38. The van der Waals surface area contributed by atoms with Crippen molar-refractivity contribution in [1.29, 1.82) is 5.26 Å². The molecule has 204 valence electrons. The molecule has 2 amide bonds. The van der Waals surface area contributed by atoms with Crippen molar-refractivity contribution in [2.24, 2.45) is 5.92 Å². The van der Waals surface area contributed by atoms with E-state index in [2.05, 4.69) is 21.7 Å². The van der Waals surface area contributed by atoms with Gasteiger partial charge in [-0.2, -0.15) is 18.4 Å². The molecule has 0 unspecified atom stereocenters. The van der Waals surface area contributed by atoms with Gasteiger partial charge in [-0.15, -0.1) is 0 Å². The van der Waals surface area contributed by atoms with E-state index in [4.69, 9.17) is 16.9 Å². The SMILES string of the molecule is N#CC1CCC(NC(=O)N2CC(CNc3cc(C(F)(F)F)nc4ccc(Cl)cc34)(c3ccc(F)cc3)C2)CC1. The monoisotopic (exact) mass is 559 g/mol. The number of anilines is 1. The number of hydrogen-bond donors (Lipinski definition) is 2. The Bertz CT molecular complexity index is 1410. The molecule has 3 aromatic rings. The maximum Gasteiger partial charge on any atom is 0.433 e. The van der Waals surface area contributed by atoms with E-state index in [9.17, 15) is 22.4 Å². The zero-order valence-electron chi connectivity index (χ0n) is 20.9. The van der Waals surface area contributed by atoms with Crippen LogP contribution < -0.4 is 10.6 Å². The molecule has 1 aromatic heterocycles. The van der Waals surface area contributed by atoms with E-state index in [0.717, 1.165) is 37.3 Å². The zero-order valence-corrected chi connectivity index (χ0v) is 21.6. The molecule has 5 rings (SSSR count). The average Bonchev–Trinajstić information content (AvgIpc) is 2.88. The minimum atomic E-state index is -4.64. The van der Waals surface area contributed by atoms with Gasteiger partial charge in [-0.3, -0.25) is 0 Å². The van der Waals surface area contributed by atoms with E-state index in [1.54, 1.807) is 23.1 Å². The fourth-order valence-corrected chi connectivity index (χ4v) is 5.59. The zero-order chi connectivity index (χ0) is 27.8. The van der Waals surface area contributed by atoms with Crippen molar-refractivity contribution in [3.05, 3.63) is 70.6 Å². The molecule has 0 bridgehead atoms. The molecule has 39 heavy (non-hydrogen) atoms. The number of likely N-dealkylation sites (tertiary alicyclic amines) is 1. The fraction of sp³-hybridized carbons (Fsp3) is 0.393. The van der Waals surface area contributed by atoms with Gasteiger partial charge in [0.05, 0.1) is 11.6 Å². The quantitative estimate of drug-likeness (QED) is 0.350. The van der Waals surface area contributed by atoms with Crippen LogP contribution in [0.25, 0.3) is 10.9 Å². The van der Waals surface area contributed by atoms with Gasteiger partial charge in [0.15, 0.2) is 0 Å². The Morgan fingerprint density at radius 1 is 1.10 bits per heavy atom. The first-order chi connectivity index (χ1) is 18.6. The second-order valence-corrected chi connectivity index (χ2v) is 10.8. The number of fused-ring (bicyclic) bond motifs is 1. The standard InChI is InChI=1S/C28H26ClF4N5O/c29-19-5-10-23-22(11-19)24(12-25(37-23)28(31,32)33)35-14-27(18-3-6-20(30)7-4-18)15-38(16-27)26(39)36-21-8-1-17(13-34)2-9-21/h3-7,10-12,17,21H,1-2,8-9,14-16H2,(H,35,37)(H,36,39). The smallest absolute Gasteiger partial charge is 0.383 e. The number of nitrogens with one attached hydrogen (secondary N) is 2. The van der Waals surface area contributed by atoms with E-state index in [0.29, 0.717) is 23.5 Å². The molecule has 2 fully saturated rings. The fourth-order valence-electron chi connectivity index (χ4n) is 5.41. The minimum Gasteiger partial charge on any atom is -0.383 e. The van der Waals surface area contributed by atoms with E-state index < -0.39 is 23.1 Å². The number of carbonyl (C=O) groups is 1. The molecule has 2 aromatic carbocycles. The average molecular weight is 560 g/mol. The summed E-state index contributed by atoms with van der Waals surface area (Å²) in [5, 5.41) is 16.1. The number of benzene rings is 2. The summed E-state index contributed by atoms with van der Waals surface area (Å²) in [7, 11) is 0. The second-order valence-electron chi connectivity index (χ2n) is 10.3. The van der Waals surface area contributed by atoms with Crippen LogP contribution in [0.15, 0.2) is 48.5 Å². The van der Waals surface area contributed by atoms with Gasteiger partial charge < -0.3 is 15.5 Å². The van der Waals surface area contributed by atoms with Gasteiger partial charge in [-0.05, 0) is 67.6 Å². The molecule has 0 radical (unpaired) electrons. The lowest BCUT2D eigenvalue weighted by molar-refractivity contribution is -0.140. The van der Waals surface area contributed by atoms with Gasteiger partial charge in [0, 0.05) is 53.1 Å². The predicted octanol–water partition coefficient (Wildman–Crippen LogP) is 6.50. The normalized spacial score (nSPS) is 20.7. The summed E-state index contributed by atoms with van der Waals surface area (Å²) >= 11 is 6.13. The number of amides is 2. The molecule has 2 heterocycles. The van der Waals surface area contributed by atoms with Gasteiger partial charge >= 0.3 is 12.2 Å². The molecule has 2 aliphatic rings. The maximum absolute atomic E-state index is 13.7. The summed E-state index contributed by atoms with van der Waals surface area (Å²) in [6.07, 6.45) is -1.68. The summed E-state index contributed by atoms with van der Waals surface area (Å²) in [5.41, 5.74) is -0.559. The van der Waals surface area contributed by atoms with Crippen LogP contribution in [-0.4, -0.2) is 41.6 Å². The molecular formula is C28H26ClF4N5O. The molecule has 11 heteroatoms. The van der Waals surface area contributed by atoms with Crippen LogP contribution in [0.5, 0.6) is 0 Å². The number of pyridine rings is 1. The highest BCUT2D eigenvalue weighted by Gasteiger charge is 2.47. The largest absolute Gasteiger partial charge is 0.433 e. The number of carbonyl (C=O) groups excluding carboxylic acids is 1. The Kier molecular flexibility index (Phi) is 7.29. The van der Waals surface area contributed by atoms with Crippen LogP contribution in [0.3, 0.4) is 0 Å². The van der Waals surface area contributed by atoms with Crippen molar-refractivity contribution in [3.8, 4) is 6.07 Å². The Morgan fingerprint density at radius 3 is 2.44 bits per heavy atom. The van der Waals surface area contributed by atoms with Crippen molar-refractivity contribution >= 4 is 34.2 Å². The van der Waals surface area contributed by atoms with Crippen LogP contribution in [0.4, 0.5) is 28.0 Å². The third-order valence-electron chi connectivity index (χ3n) is 7.65. The van der Waals surface area contributed by atoms with Crippen molar-refractivity contribution in [3.63, 3.8) is 0 Å². The molecule has 0 atom stereocenters. The summed E-state index contributed by atoms with van der Waals surface area (Å²) in [4.78, 5) is 18.4. The van der Waals surface area contributed by atoms with Crippen LogP contribution >= 0.6 is 11.6 Å². The van der Waals surface area contributed by atoms with E-state index in [1.807, 2.05) is 0 Å². The highest BCUT2D eigenvalue weighted by molar-refractivity contribution is 6.31. The number of nitrogens with zero attached hydrogens (tertiary/aromatic N) is 3. The van der Waals surface area contributed by atoms with E-state index >= 15 is 0 Å². The van der Waals surface area contributed by atoms with Crippen LogP contribution in [0.1, 0.15) is 36.9 Å². The Morgan fingerprint density at radius 2 is 1.79 bits per heavy atom. The van der Waals surface area contributed by atoms with Crippen LogP contribution in [0.2, 0.25) is 5.02 Å². The molecular weight excluding hydrogens is 534 g/mol. The summed E-state index contributed by atoms with van der Waals surface area (Å²) in [5.74, 6) is -0.385. The Hall–Kier alpha value is -3.58. The molecule has 2 N–H and O–H groups in total. The first-order valence-electron chi connectivity index (χ1n) is 12.7. The molecule has 0 spiro atoms. The number of halogens is 5. The number of rotatable bonds is 5. The Labute approximate surface area is 228 Å². The predicted molar refractivity (Wildman–Crippen MR) is 140 cm³/mol. The number of alkyl halides is 3. The highest BCUT2D eigenvalue weighted by atomic mass is 35.5. The maximum atomic E-state index is 13.7. The van der Waals surface area contributed by atoms with Gasteiger partial charge in [0.1, 0.15) is 11.5 Å². The van der Waals surface area contributed by atoms with Gasteiger partial charge in [-0.1, -0.05) is 23.7 Å². The second kappa shape index (κ2) is 10.5. The van der Waals surface area contributed by atoms with E-state index in [1.165, 1.54) is 24.3 Å².